The highest BCUT2D eigenvalue weighted by molar-refractivity contribution is 7.98. The minimum atomic E-state index is -0.446. The number of rotatable bonds is 6. The number of benzene rings is 1. The molecule has 3 aromatic heterocycles. The maximum Gasteiger partial charge on any atom is 0.348 e. The molecule has 11 heteroatoms. The molecule has 0 aliphatic heterocycles. The number of esters is 1. The fourth-order valence-electron chi connectivity index (χ4n) is 3.06. The van der Waals surface area contributed by atoms with Crippen LogP contribution in [0.2, 0.25) is 0 Å². The summed E-state index contributed by atoms with van der Waals surface area (Å²) in [4.78, 5) is 32.9. The second-order valence-electron chi connectivity index (χ2n) is 6.80. The van der Waals surface area contributed by atoms with Gasteiger partial charge in [-0.15, -0.1) is 21.5 Å². The number of aryl methyl sites for hydroxylation is 2. The molecule has 160 valence electrons. The molecule has 0 radical (unpaired) electrons. The first kappa shape index (κ1) is 21.1. The molecule has 4 rings (SSSR count). The highest BCUT2D eigenvalue weighted by Crippen LogP contribution is 2.29. The lowest BCUT2D eigenvalue weighted by Crippen LogP contribution is -2.13. The SMILES string of the molecule is CCOC(=O)c1sc2nc(CSc3nnc(-c4ccc(C)cc4)n3N)[nH]c(=O)c2c1C. The van der Waals surface area contributed by atoms with Crippen molar-refractivity contribution in [3.8, 4) is 11.4 Å². The van der Waals surface area contributed by atoms with Crippen molar-refractivity contribution >= 4 is 39.3 Å². The molecular formula is C20H20N6O3S2. The Hall–Kier alpha value is -3.18. The van der Waals surface area contributed by atoms with Gasteiger partial charge in [0.2, 0.25) is 5.16 Å². The molecule has 31 heavy (non-hydrogen) atoms. The number of hydrogen-bond donors (Lipinski definition) is 2. The Morgan fingerprint density at radius 1 is 1.26 bits per heavy atom. The van der Waals surface area contributed by atoms with Crippen LogP contribution >= 0.6 is 23.1 Å². The number of aromatic nitrogens is 5. The van der Waals surface area contributed by atoms with E-state index in [-0.39, 0.29) is 12.2 Å². The van der Waals surface area contributed by atoms with Crippen LogP contribution < -0.4 is 11.4 Å². The largest absolute Gasteiger partial charge is 0.462 e. The lowest BCUT2D eigenvalue weighted by Gasteiger charge is -2.04. The van der Waals surface area contributed by atoms with E-state index in [4.69, 9.17) is 10.6 Å². The zero-order valence-corrected chi connectivity index (χ0v) is 18.8. The minimum absolute atomic E-state index is 0.266. The van der Waals surface area contributed by atoms with Crippen LogP contribution in [-0.2, 0) is 10.5 Å². The summed E-state index contributed by atoms with van der Waals surface area (Å²) in [7, 11) is 0. The van der Waals surface area contributed by atoms with E-state index >= 15 is 0 Å². The average molecular weight is 457 g/mol. The van der Waals surface area contributed by atoms with E-state index < -0.39 is 5.97 Å². The van der Waals surface area contributed by atoms with Gasteiger partial charge in [-0.05, 0) is 26.3 Å². The third-order valence-corrected chi connectivity index (χ3v) is 6.74. The predicted octanol–water partition coefficient (Wildman–Crippen LogP) is 3.04. The van der Waals surface area contributed by atoms with E-state index in [2.05, 4.69) is 20.2 Å². The maximum atomic E-state index is 12.6. The molecule has 0 aliphatic rings. The normalized spacial score (nSPS) is 11.2. The second kappa shape index (κ2) is 8.52. The van der Waals surface area contributed by atoms with Crippen molar-refractivity contribution in [3.05, 3.63) is 56.4 Å². The Morgan fingerprint density at radius 3 is 2.71 bits per heavy atom. The van der Waals surface area contributed by atoms with Gasteiger partial charge in [0.15, 0.2) is 5.82 Å². The molecule has 4 aromatic rings. The molecule has 0 atom stereocenters. The van der Waals surface area contributed by atoms with Gasteiger partial charge in [0.25, 0.3) is 5.56 Å². The van der Waals surface area contributed by atoms with Crippen molar-refractivity contribution in [2.45, 2.75) is 31.7 Å². The Labute approximate surface area is 185 Å². The van der Waals surface area contributed by atoms with E-state index in [0.29, 0.717) is 43.2 Å². The van der Waals surface area contributed by atoms with Crippen LogP contribution in [0.1, 0.15) is 33.5 Å². The van der Waals surface area contributed by atoms with Gasteiger partial charge < -0.3 is 15.6 Å². The average Bonchev–Trinajstić information content (AvgIpc) is 3.27. The van der Waals surface area contributed by atoms with Gasteiger partial charge in [0.1, 0.15) is 15.5 Å². The number of H-pyrrole nitrogens is 1. The zero-order valence-electron chi connectivity index (χ0n) is 17.1. The van der Waals surface area contributed by atoms with Gasteiger partial charge in [0.05, 0.1) is 17.7 Å². The second-order valence-corrected chi connectivity index (χ2v) is 8.74. The fourth-order valence-corrected chi connectivity index (χ4v) is 4.88. The fraction of sp³-hybridized carbons (Fsp3) is 0.250. The number of aromatic amines is 1. The number of hydrogen-bond acceptors (Lipinski definition) is 9. The van der Waals surface area contributed by atoms with Crippen LogP contribution in [0, 0.1) is 13.8 Å². The Kier molecular flexibility index (Phi) is 5.79. The first-order valence-electron chi connectivity index (χ1n) is 9.48. The van der Waals surface area contributed by atoms with Crippen LogP contribution in [0.5, 0.6) is 0 Å². The molecule has 0 saturated carbocycles. The number of nitrogens with two attached hydrogens (primary N) is 1. The zero-order chi connectivity index (χ0) is 22.1. The first-order chi connectivity index (χ1) is 14.9. The molecule has 0 saturated heterocycles. The summed E-state index contributed by atoms with van der Waals surface area (Å²) < 4.78 is 6.48. The van der Waals surface area contributed by atoms with Crippen molar-refractivity contribution in [2.24, 2.45) is 0 Å². The third-order valence-electron chi connectivity index (χ3n) is 4.62. The number of ether oxygens (including phenoxy) is 1. The van der Waals surface area contributed by atoms with Gasteiger partial charge in [-0.3, -0.25) is 4.79 Å². The molecule has 9 nitrogen and oxygen atoms in total. The highest BCUT2D eigenvalue weighted by atomic mass is 32.2. The number of thioether (sulfide) groups is 1. The van der Waals surface area contributed by atoms with Crippen molar-refractivity contribution in [3.63, 3.8) is 0 Å². The van der Waals surface area contributed by atoms with Crippen LogP contribution in [0.25, 0.3) is 21.6 Å². The van der Waals surface area contributed by atoms with Gasteiger partial charge in [-0.25, -0.2) is 14.5 Å². The van der Waals surface area contributed by atoms with Crippen LogP contribution in [0.4, 0.5) is 0 Å². The Morgan fingerprint density at radius 2 is 2.00 bits per heavy atom. The number of nitrogens with zero attached hydrogens (tertiary/aromatic N) is 4. The van der Waals surface area contributed by atoms with E-state index in [1.165, 1.54) is 16.4 Å². The number of carbonyl (C=O) groups excluding carboxylic acids is 1. The lowest BCUT2D eigenvalue weighted by molar-refractivity contribution is 0.0531. The molecule has 1 aromatic carbocycles. The molecule has 0 fully saturated rings. The predicted molar refractivity (Wildman–Crippen MR) is 121 cm³/mol. The molecule has 0 bridgehead atoms. The van der Waals surface area contributed by atoms with Crippen LogP contribution in [0.3, 0.4) is 0 Å². The molecule has 0 amide bonds. The summed E-state index contributed by atoms with van der Waals surface area (Å²) >= 11 is 2.46. The summed E-state index contributed by atoms with van der Waals surface area (Å²) in [5.74, 6) is 7.07. The molecule has 0 spiro atoms. The van der Waals surface area contributed by atoms with Gasteiger partial charge >= 0.3 is 5.97 Å². The summed E-state index contributed by atoms with van der Waals surface area (Å²) in [6.07, 6.45) is 0. The number of thiophene rings is 1. The molecule has 0 aliphatic carbocycles. The lowest BCUT2D eigenvalue weighted by atomic mass is 10.1. The van der Waals surface area contributed by atoms with E-state index in [0.717, 1.165) is 22.5 Å². The number of nitrogens with one attached hydrogen (secondary N) is 1. The van der Waals surface area contributed by atoms with Crippen molar-refractivity contribution in [1.29, 1.82) is 0 Å². The van der Waals surface area contributed by atoms with E-state index in [1.54, 1.807) is 13.8 Å². The summed E-state index contributed by atoms with van der Waals surface area (Å²) in [5.41, 5.74) is 2.29. The van der Waals surface area contributed by atoms with E-state index in [9.17, 15) is 9.59 Å². The third kappa shape index (κ3) is 4.06. The monoisotopic (exact) mass is 456 g/mol. The first-order valence-corrected chi connectivity index (χ1v) is 11.3. The van der Waals surface area contributed by atoms with Gasteiger partial charge in [-0.1, -0.05) is 41.6 Å². The smallest absolute Gasteiger partial charge is 0.348 e. The molecule has 3 heterocycles. The van der Waals surface area contributed by atoms with Gasteiger partial charge in [-0.2, -0.15) is 0 Å². The quantitative estimate of drug-likeness (QED) is 0.257. The molecule has 3 N–H and O–H groups in total. The summed E-state index contributed by atoms with van der Waals surface area (Å²) in [5, 5.41) is 9.22. The number of fused-ring (bicyclic) bond motifs is 1. The van der Waals surface area contributed by atoms with Gasteiger partial charge in [0, 0.05) is 5.56 Å². The van der Waals surface area contributed by atoms with Crippen LogP contribution in [-0.4, -0.2) is 37.4 Å². The van der Waals surface area contributed by atoms with Crippen molar-refractivity contribution in [1.82, 2.24) is 24.8 Å². The maximum absolute atomic E-state index is 12.6. The molecule has 0 unspecified atom stereocenters. The number of nitrogen functional groups attached to an aromatic ring is 1. The number of carbonyl (C=O) groups is 1. The molecular weight excluding hydrogens is 436 g/mol. The standard InChI is InChI=1S/C20H20N6O3S2/c1-4-29-19(28)15-11(3)14-17(27)22-13(23-18(14)31-15)9-30-20-25-24-16(26(20)21)12-7-5-10(2)6-8-12/h5-8H,4,9,21H2,1-3H3,(H,22,23,27). The van der Waals surface area contributed by atoms with Crippen molar-refractivity contribution < 1.29 is 9.53 Å². The minimum Gasteiger partial charge on any atom is -0.462 e. The van der Waals surface area contributed by atoms with Crippen molar-refractivity contribution in [2.75, 3.05) is 12.4 Å². The summed E-state index contributed by atoms with van der Waals surface area (Å²) in [6, 6.07) is 7.83. The Balaban J connectivity index is 1.58. The Bertz CT molecular complexity index is 1320. The van der Waals surface area contributed by atoms with E-state index in [1.807, 2.05) is 31.2 Å². The van der Waals surface area contributed by atoms with Crippen LogP contribution in [0.15, 0.2) is 34.2 Å². The highest BCUT2D eigenvalue weighted by Gasteiger charge is 2.20. The summed E-state index contributed by atoms with van der Waals surface area (Å²) in [6.45, 7) is 5.73. The topological polar surface area (TPSA) is 129 Å².